The van der Waals surface area contributed by atoms with Gasteiger partial charge in [-0.2, -0.15) is 0 Å². The summed E-state index contributed by atoms with van der Waals surface area (Å²) in [7, 11) is 0. The number of nitrogens with two attached hydrogens (primary N) is 1. The van der Waals surface area contributed by atoms with Crippen LogP contribution in [-0.4, -0.2) is 55.4 Å². The van der Waals surface area contributed by atoms with E-state index in [1.54, 1.807) is 0 Å². The fraction of sp³-hybridized carbons (Fsp3) is 0.938. The van der Waals surface area contributed by atoms with E-state index in [-0.39, 0.29) is 18.1 Å². The van der Waals surface area contributed by atoms with Crippen molar-refractivity contribution in [3.05, 3.63) is 0 Å². The van der Waals surface area contributed by atoms with Crippen LogP contribution in [0.3, 0.4) is 0 Å². The zero-order valence-corrected chi connectivity index (χ0v) is 13.4. The highest BCUT2D eigenvalue weighted by Gasteiger charge is 2.33. The molecule has 0 bridgehead atoms. The first-order valence-corrected chi connectivity index (χ1v) is 8.37. The molecule has 2 aliphatic heterocycles. The van der Waals surface area contributed by atoms with Gasteiger partial charge in [0.15, 0.2) is 0 Å². The summed E-state index contributed by atoms with van der Waals surface area (Å²) in [5.74, 6) is 0.550. The molecule has 0 aromatic heterocycles. The van der Waals surface area contributed by atoms with E-state index in [9.17, 15) is 4.79 Å². The molecular weight excluding hydrogens is 268 g/mol. The molecule has 122 valence electrons. The first-order chi connectivity index (χ1) is 10.1. The second-order valence-electron chi connectivity index (χ2n) is 6.42. The van der Waals surface area contributed by atoms with Crippen LogP contribution in [0.4, 0.5) is 0 Å². The molecule has 2 aliphatic rings. The number of hydrogen-bond acceptors (Lipinski definition) is 4. The number of likely N-dealkylation sites (tertiary alicyclic amines) is 1. The van der Waals surface area contributed by atoms with E-state index in [0.29, 0.717) is 19.1 Å². The van der Waals surface area contributed by atoms with E-state index in [4.69, 9.17) is 15.2 Å². The molecule has 2 fully saturated rings. The van der Waals surface area contributed by atoms with Crippen molar-refractivity contribution in [2.45, 2.75) is 64.2 Å². The van der Waals surface area contributed by atoms with Gasteiger partial charge in [-0.3, -0.25) is 4.79 Å². The standard InChI is InChI=1S/C16H30N2O3/c1-12-6-5-8-18(15(12)10-17)16(19)13(2)21-11-14-7-3-4-9-20-14/h12-15H,3-11,17H2,1-2H3. The Bertz CT molecular complexity index is 331. The normalized spacial score (nSPS) is 32.0. The maximum absolute atomic E-state index is 12.6. The van der Waals surface area contributed by atoms with E-state index in [2.05, 4.69) is 6.92 Å². The van der Waals surface area contributed by atoms with Gasteiger partial charge in [-0.25, -0.2) is 0 Å². The van der Waals surface area contributed by atoms with Crippen molar-refractivity contribution in [2.24, 2.45) is 11.7 Å². The summed E-state index contributed by atoms with van der Waals surface area (Å²) in [6.07, 6.45) is 5.31. The second-order valence-corrected chi connectivity index (χ2v) is 6.42. The van der Waals surface area contributed by atoms with E-state index in [0.717, 1.165) is 38.8 Å². The molecule has 0 aromatic rings. The molecule has 0 saturated carbocycles. The molecule has 0 aliphatic carbocycles. The summed E-state index contributed by atoms with van der Waals surface area (Å²) in [4.78, 5) is 14.5. The van der Waals surface area contributed by atoms with Crippen LogP contribution < -0.4 is 5.73 Å². The van der Waals surface area contributed by atoms with Crippen LogP contribution in [0.2, 0.25) is 0 Å². The van der Waals surface area contributed by atoms with Crippen molar-refractivity contribution in [1.29, 1.82) is 0 Å². The van der Waals surface area contributed by atoms with Gasteiger partial charge in [0.1, 0.15) is 6.10 Å². The summed E-state index contributed by atoms with van der Waals surface area (Å²) in [6, 6.07) is 0.156. The summed E-state index contributed by atoms with van der Waals surface area (Å²) in [5.41, 5.74) is 5.86. The minimum atomic E-state index is -0.408. The highest BCUT2D eigenvalue weighted by atomic mass is 16.5. The number of hydrogen-bond donors (Lipinski definition) is 1. The third kappa shape index (κ3) is 4.41. The highest BCUT2D eigenvalue weighted by molar-refractivity contribution is 5.81. The molecular formula is C16H30N2O3. The molecule has 0 spiro atoms. The minimum Gasteiger partial charge on any atom is -0.376 e. The number of carbonyl (C=O) groups excluding carboxylic acids is 1. The SMILES string of the molecule is CC(OCC1CCCCO1)C(=O)N1CCCC(C)C1CN. The molecule has 2 heterocycles. The molecule has 2 N–H and O–H groups in total. The molecule has 5 heteroatoms. The Labute approximate surface area is 128 Å². The average Bonchev–Trinajstić information content (AvgIpc) is 2.52. The zero-order valence-electron chi connectivity index (χ0n) is 13.4. The summed E-state index contributed by atoms with van der Waals surface area (Å²) in [5, 5.41) is 0. The van der Waals surface area contributed by atoms with Crippen LogP contribution >= 0.6 is 0 Å². The molecule has 4 atom stereocenters. The number of carbonyl (C=O) groups is 1. The second kappa shape index (κ2) is 8.11. The lowest BCUT2D eigenvalue weighted by Crippen LogP contribution is -2.54. The van der Waals surface area contributed by atoms with Crippen LogP contribution in [0, 0.1) is 5.92 Å². The Morgan fingerprint density at radius 3 is 2.86 bits per heavy atom. The van der Waals surface area contributed by atoms with E-state index in [1.165, 1.54) is 6.42 Å². The fourth-order valence-corrected chi connectivity index (χ4v) is 3.38. The quantitative estimate of drug-likeness (QED) is 0.836. The third-order valence-electron chi connectivity index (χ3n) is 4.79. The van der Waals surface area contributed by atoms with Gasteiger partial charge in [0.2, 0.25) is 0 Å². The van der Waals surface area contributed by atoms with Crippen LogP contribution in [0.1, 0.15) is 46.0 Å². The molecule has 21 heavy (non-hydrogen) atoms. The summed E-state index contributed by atoms with van der Waals surface area (Å²) in [6.45, 7) is 6.69. The van der Waals surface area contributed by atoms with Gasteiger partial charge in [-0.1, -0.05) is 6.92 Å². The number of ether oxygens (including phenoxy) is 2. The van der Waals surface area contributed by atoms with E-state index in [1.807, 2.05) is 11.8 Å². The average molecular weight is 298 g/mol. The Morgan fingerprint density at radius 1 is 1.38 bits per heavy atom. The van der Waals surface area contributed by atoms with Gasteiger partial charge in [-0.05, 0) is 44.9 Å². The molecule has 2 saturated heterocycles. The number of piperidine rings is 1. The largest absolute Gasteiger partial charge is 0.376 e. The van der Waals surface area contributed by atoms with Crippen molar-refractivity contribution in [3.63, 3.8) is 0 Å². The lowest BCUT2D eigenvalue weighted by molar-refractivity contribution is -0.151. The van der Waals surface area contributed by atoms with Crippen molar-refractivity contribution in [2.75, 3.05) is 26.3 Å². The predicted molar refractivity (Wildman–Crippen MR) is 82.0 cm³/mol. The van der Waals surface area contributed by atoms with Crippen LogP contribution in [0.25, 0.3) is 0 Å². The van der Waals surface area contributed by atoms with Gasteiger partial charge in [-0.15, -0.1) is 0 Å². The van der Waals surface area contributed by atoms with Gasteiger partial charge in [0.05, 0.1) is 12.7 Å². The highest BCUT2D eigenvalue weighted by Crippen LogP contribution is 2.23. The van der Waals surface area contributed by atoms with Gasteiger partial charge >= 0.3 is 0 Å². The van der Waals surface area contributed by atoms with Crippen molar-refractivity contribution < 1.29 is 14.3 Å². The Balaban J connectivity index is 1.82. The Hall–Kier alpha value is -0.650. The number of rotatable bonds is 5. The molecule has 4 unspecified atom stereocenters. The van der Waals surface area contributed by atoms with Crippen molar-refractivity contribution >= 4 is 5.91 Å². The summed E-state index contributed by atoms with van der Waals surface area (Å²) >= 11 is 0. The topological polar surface area (TPSA) is 64.8 Å². The smallest absolute Gasteiger partial charge is 0.251 e. The fourth-order valence-electron chi connectivity index (χ4n) is 3.38. The first-order valence-electron chi connectivity index (χ1n) is 8.37. The predicted octanol–water partition coefficient (Wildman–Crippen LogP) is 1.55. The molecule has 2 rings (SSSR count). The van der Waals surface area contributed by atoms with Crippen LogP contribution in [-0.2, 0) is 14.3 Å². The lowest BCUT2D eigenvalue weighted by atomic mass is 9.90. The van der Waals surface area contributed by atoms with Gasteiger partial charge < -0.3 is 20.1 Å². The monoisotopic (exact) mass is 298 g/mol. The number of nitrogens with zero attached hydrogens (tertiary/aromatic N) is 1. The van der Waals surface area contributed by atoms with Gasteiger partial charge in [0, 0.05) is 25.7 Å². The first kappa shape index (κ1) is 16.7. The van der Waals surface area contributed by atoms with Crippen molar-refractivity contribution in [1.82, 2.24) is 4.90 Å². The molecule has 5 nitrogen and oxygen atoms in total. The molecule has 0 aromatic carbocycles. The lowest BCUT2D eigenvalue weighted by Gasteiger charge is -2.40. The molecule has 0 radical (unpaired) electrons. The third-order valence-corrected chi connectivity index (χ3v) is 4.79. The Morgan fingerprint density at radius 2 is 2.19 bits per heavy atom. The maximum atomic E-state index is 12.6. The van der Waals surface area contributed by atoms with Crippen molar-refractivity contribution in [3.8, 4) is 0 Å². The zero-order chi connectivity index (χ0) is 15.2. The van der Waals surface area contributed by atoms with E-state index >= 15 is 0 Å². The van der Waals surface area contributed by atoms with E-state index < -0.39 is 6.10 Å². The number of amides is 1. The van der Waals surface area contributed by atoms with Gasteiger partial charge in [0.25, 0.3) is 5.91 Å². The molecule has 1 amide bonds. The van der Waals surface area contributed by atoms with Crippen LogP contribution in [0.5, 0.6) is 0 Å². The Kier molecular flexibility index (Phi) is 6.45. The minimum absolute atomic E-state index is 0.0767. The summed E-state index contributed by atoms with van der Waals surface area (Å²) < 4.78 is 11.4. The maximum Gasteiger partial charge on any atom is 0.251 e. The van der Waals surface area contributed by atoms with Crippen LogP contribution in [0.15, 0.2) is 0 Å².